The van der Waals surface area contributed by atoms with Crippen LogP contribution in [0.2, 0.25) is 0 Å². The smallest absolute Gasteiger partial charge is 0.236 e. The first-order chi connectivity index (χ1) is 15.0. The van der Waals surface area contributed by atoms with Crippen molar-refractivity contribution in [1.82, 2.24) is 19.5 Å². The molecule has 9 heteroatoms. The minimum absolute atomic E-state index is 0.402. The van der Waals surface area contributed by atoms with E-state index in [9.17, 15) is 8.42 Å². The fraction of sp³-hybridized carbons (Fsp3) is 0.227. The standard InChI is InChI=1S/C22H24N6O2S/c1-18-2-4-19(5-3-18)10-17-31(29,30)28-15-13-27(14-16-28)22-7-6-21(25-26-22)24-20-8-11-23-12-9-20/h2-12,17H,13-16H2,1H3,(H,23,24,25)/b17-10+. The summed E-state index contributed by atoms with van der Waals surface area (Å²) in [5, 5.41) is 13.0. The highest BCUT2D eigenvalue weighted by Crippen LogP contribution is 2.19. The molecule has 1 saturated heterocycles. The summed E-state index contributed by atoms with van der Waals surface area (Å²) in [5.41, 5.74) is 2.89. The van der Waals surface area contributed by atoms with Crippen molar-refractivity contribution < 1.29 is 8.42 Å². The van der Waals surface area contributed by atoms with Crippen LogP contribution in [-0.2, 0) is 10.0 Å². The van der Waals surface area contributed by atoms with Gasteiger partial charge in [-0.05, 0) is 42.8 Å². The maximum absolute atomic E-state index is 12.7. The predicted molar refractivity (Wildman–Crippen MR) is 122 cm³/mol. The Bertz CT molecular complexity index is 1120. The number of hydrogen-bond acceptors (Lipinski definition) is 7. The highest BCUT2D eigenvalue weighted by molar-refractivity contribution is 7.92. The first kappa shape index (κ1) is 21.0. The number of aryl methyl sites for hydroxylation is 1. The van der Waals surface area contributed by atoms with Gasteiger partial charge in [0.15, 0.2) is 11.6 Å². The third kappa shape index (κ3) is 5.44. The fourth-order valence-corrected chi connectivity index (χ4v) is 4.42. The Hall–Kier alpha value is -3.30. The van der Waals surface area contributed by atoms with E-state index in [1.807, 2.05) is 60.4 Å². The van der Waals surface area contributed by atoms with Crippen LogP contribution in [0.1, 0.15) is 11.1 Å². The van der Waals surface area contributed by atoms with Gasteiger partial charge in [-0.1, -0.05) is 29.8 Å². The SMILES string of the molecule is Cc1ccc(/C=C/S(=O)(=O)N2CCN(c3ccc(Nc4ccncc4)nn3)CC2)cc1. The molecule has 1 fully saturated rings. The van der Waals surface area contributed by atoms with Crippen molar-refractivity contribution >= 4 is 33.4 Å². The zero-order chi connectivity index (χ0) is 21.7. The molecule has 1 N–H and O–H groups in total. The van der Waals surface area contributed by atoms with Gasteiger partial charge in [0, 0.05) is 49.7 Å². The molecule has 8 nitrogen and oxygen atoms in total. The van der Waals surface area contributed by atoms with E-state index in [0.29, 0.717) is 32.0 Å². The van der Waals surface area contributed by atoms with Crippen molar-refractivity contribution in [3.05, 3.63) is 77.5 Å². The molecule has 1 aliphatic heterocycles. The van der Waals surface area contributed by atoms with Crippen LogP contribution in [0.15, 0.2) is 66.3 Å². The zero-order valence-electron chi connectivity index (χ0n) is 17.2. The number of piperazine rings is 1. The number of aromatic nitrogens is 3. The van der Waals surface area contributed by atoms with Gasteiger partial charge < -0.3 is 10.2 Å². The van der Waals surface area contributed by atoms with Crippen molar-refractivity contribution in [2.45, 2.75) is 6.92 Å². The van der Waals surface area contributed by atoms with E-state index in [4.69, 9.17) is 0 Å². The summed E-state index contributed by atoms with van der Waals surface area (Å²) in [6.07, 6.45) is 5.04. The molecule has 0 radical (unpaired) electrons. The number of hydrogen-bond donors (Lipinski definition) is 1. The lowest BCUT2D eigenvalue weighted by Crippen LogP contribution is -2.48. The van der Waals surface area contributed by atoms with Crippen molar-refractivity contribution in [1.29, 1.82) is 0 Å². The number of benzene rings is 1. The van der Waals surface area contributed by atoms with Crippen LogP contribution in [0.5, 0.6) is 0 Å². The number of anilines is 3. The van der Waals surface area contributed by atoms with E-state index in [1.54, 1.807) is 18.5 Å². The lowest BCUT2D eigenvalue weighted by molar-refractivity contribution is 0.388. The van der Waals surface area contributed by atoms with Crippen LogP contribution in [0, 0.1) is 6.92 Å². The summed E-state index contributed by atoms with van der Waals surface area (Å²) in [7, 11) is -3.46. The third-order valence-corrected chi connectivity index (χ3v) is 6.60. The lowest BCUT2D eigenvalue weighted by atomic mass is 10.2. The number of pyridine rings is 1. The highest BCUT2D eigenvalue weighted by Gasteiger charge is 2.25. The topological polar surface area (TPSA) is 91.3 Å². The number of nitrogens with one attached hydrogen (secondary N) is 1. The molecule has 0 aliphatic carbocycles. The van der Waals surface area contributed by atoms with Gasteiger partial charge in [0.2, 0.25) is 10.0 Å². The Kier molecular flexibility index (Phi) is 6.24. The zero-order valence-corrected chi connectivity index (χ0v) is 18.0. The average Bonchev–Trinajstić information content (AvgIpc) is 2.80. The molecule has 0 saturated carbocycles. The molecule has 4 rings (SSSR count). The Morgan fingerprint density at radius 1 is 0.903 bits per heavy atom. The van der Waals surface area contributed by atoms with Crippen LogP contribution in [-0.4, -0.2) is 54.1 Å². The first-order valence-corrected chi connectivity index (χ1v) is 11.5. The molecule has 160 valence electrons. The molecule has 0 bridgehead atoms. The van der Waals surface area contributed by atoms with E-state index in [2.05, 4.69) is 20.5 Å². The van der Waals surface area contributed by atoms with Crippen molar-refractivity contribution in [2.24, 2.45) is 0 Å². The minimum Gasteiger partial charge on any atom is -0.352 e. The number of rotatable bonds is 6. The summed E-state index contributed by atoms with van der Waals surface area (Å²) in [6.45, 7) is 3.92. The molecule has 0 spiro atoms. The molecule has 2 aromatic heterocycles. The Labute approximate surface area is 182 Å². The molecular weight excluding hydrogens is 412 g/mol. The number of sulfonamides is 1. The second-order valence-corrected chi connectivity index (χ2v) is 9.10. The highest BCUT2D eigenvalue weighted by atomic mass is 32.2. The molecule has 0 atom stereocenters. The van der Waals surface area contributed by atoms with Gasteiger partial charge in [-0.2, -0.15) is 4.31 Å². The monoisotopic (exact) mass is 436 g/mol. The summed E-state index contributed by atoms with van der Waals surface area (Å²) >= 11 is 0. The van der Waals surface area contributed by atoms with Gasteiger partial charge in [0.25, 0.3) is 0 Å². The summed E-state index contributed by atoms with van der Waals surface area (Å²) < 4.78 is 26.8. The van der Waals surface area contributed by atoms with Crippen LogP contribution < -0.4 is 10.2 Å². The van der Waals surface area contributed by atoms with Crippen LogP contribution >= 0.6 is 0 Å². The molecule has 1 aliphatic rings. The van der Waals surface area contributed by atoms with Gasteiger partial charge in [-0.15, -0.1) is 10.2 Å². The van der Waals surface area contributed by atoms with E-state index in [-0.39, 0.29) is 0 Å². The summed E-state index contributed by atoms with van der Waals surface area (Å²) in [5.74, 6) is 1.37. The van der Waals surface area contributed by atoms with Gasteiger partial charge >= 0.3 is 0 Å². The van der Waals surface area contributed by atoms with Crippen molar-refractivity contribution in [2.75, 3.05) is 36.4 Å². The van der Waals surface area contributed by atoms with Crippen LogP contribution in [0.3, 0.4) is 0 Å². The minimum atomic E-state index is -3.46. The average molecular weight is 437 g/mol. The first-order valence-electron chi connectivity index (χ1n) is 10.0. The van der Waals surface area contributed by atoms with E-state index >= 15 is 0 Å². The number of nitrogens with zero attached hydrogens (tertiary/aromatic N) is 5. The molecular formula is C22H24N6O2S. The van der Waals surface area contributed by atoms with Gasteiger partial charge in [0.05, 0.1) is 0 Å². The molecule has 31 heavy (non-hydrogen) atoms. The predicted octanol–water partition coefficient (Wildman–Crippen LogP) is 3.05. The Morgan fingerprint density at radius 3 is 2.26 bits per heavy atom. The molecule has 0 unspecified atom stereocenters. The van der Waals surface area contributed by atoms with Gasteiger partial charge in [-0.25, -0.2) is 8.42 Å². The van der Waals surface area contributed by atoms with Crippen LogP contribution in [0.4, 0.5) is 17.3 Å². The van der Waals surface area contributed by atoms with E-state index < -0.39 is 10.0 Å². The third-order valence-electron chi connectivity index (χ3n) is 5.04. The fourth-order valence-electron chi connectivity index (χ4n) is 3.24. The summed E-state index contributed by atoms with van der Waals surface area (Å²) in [4.78, 5) is 6.02. The lowest BCUT2D eigenvalue weighted by Gasteiger charge is -2.33. The molecule has 1 aromatic carbocycles. The van der Waals surface area contributed by atoms with E-state index in [1.165, 1.54) is 9.71 Å². The van der Waals surface area contributed by atoms with Gasteiger partial charge in [-0.3, -0.25) is 4.98 Å². The van der Waals surface area contributed by atoms with E-state index in [0.717, 1.165) is 22.6 Å². The largest absolute Gasteiger partial charge is 0.352 e. The van der Waals surface area contributed by atoms with Crippen molar-refractivity contribution in [3.63, 3.8) is 0 Å². The van der Waals surface area contributed by atoms with Gasteiger partial charge in [0.1, 0.15) is 0 Å². The Balaban J connectivity index is 1.34. The quantitative estimate of drug-likeness (QED) is 0.635. The maximum Gasteiger partial charge on any atom is 0.236 e. The van der Waals surface area contributed by atoms with Crippen molar-refractivity contribution in [3.8, 4) is 0 Å². The second-order valence-electron chi connectivity index (χ2n) is 7.28. The molecule has 3 aromatic rings. The molecule has 0 amide bonds. The second kappa shape index (κ2) is 9.23. The Morgan fingerprint density at radius 2 is 1.61 bits per heavy atom. The van der Waals surface area contributed by atoms with Crippen LogP contribution in [0.25, 0.3) is 6.08 Å². The maximum atomic E-state index is 12.7. The molecule has 3 heterocycles. The summed E-state index contributed by atoms with van der Waals surface area (Å²) in [6, 6.07) is 15.2. The normalized spacial score (nSPS) is 15.3.